The van der Waals surface area contributed by atoms with Gasteiger partial charge in [-0.3, -0.25) is 9.89 Å². The average molecular weight is 419 g/mol. The topological polar surface area (TPSA) is 88.3 Å². The molecule has 2 heterocycles. The molecule has 0 fully saturated rings. The summed E-state index contributed by atoms with van der Waals surface area (Å²) in [5.74, 6) is 0.184. The summed E-state index contributed by atoms with van der Waals surface area (Å²) in [7, 11) is 0. The molecule has 0 aliphatic heterocycles. The molecule has 0 saturated heterocycles. The minimum atomic E-state index is -0.396. The highest BCUT2D eigenvalue weighted by Crippen LogP contribution is 2.22. The maximum Gasteiger partial charge on any atom is 0.301 e. The molecular formula is C19H20Cl2N6O. The molecule has 0 unspecified atom stereocenters. The second-order valence-electron chi connectivity index (χ2n) is 6.38. The Morgan fingerprint density at radius 3 is 2.46 bits per heavy atom. The van der Waals surface area contributed by atoms with E-state index in [1.807, 2.05) is 6.92 Å². The molecule has 0 spiro atoms. The van der Waals surface area contributed by atoms with Crippen LogP contribution >= 0.6 is 23.2 Å². The number of nitrogens with zero attached hydrogens (tertiary/aromatic N) is 5. The van der Waals surface area contributed by atoms with Crippen LogP contribution in [0.1, 0.15) is 36.7 Å². The normalized spacial score (nSPS) is 11.5. The number of aryl methyl sites for hydroxylation is 2. The summed E-state index contributed by atoms with van der Waals surface area (Å²) in [5.41, 5.74) is 2.59. The predicted molar refractivity (Wildman–Crippen MR) is 111 cm³/mol. The molecular weight excluding hydrogens is 399 g/mol. The minimum Gasteiger partial charge on any atom is -0.290 e. The molecule has 2 aromatic heterocycles. The third-order valence-electron chi connectivity index (χ3n) is 4.26. The average Bonchev–Trinajstić information content (AvgIpc) is 2.94. The van der Waals surface area contributed by atoms with Crippen LogP contribution in [0.5, 0.6) is 0 Å². The predicted octanol–water partition coefficient (Wildman–Crippen LogP) is 5.64. The van der Waals surface area contributed by atoms with Crippen LogP contribution in [0.25, 0.3) is 5.95 Å². The van der Waals surface area contributed by atoms with Gasteiger partial charge in [0.15, 0.2) is 5.69 Å². The largest absolute Gasteiger partial charge is 0.301 e. The van der Waals surface area contributed by atoms with Crippen molar-refractivity contribution < 1.29 is 0 Å². The number of aromatic nitrogens is 4. The Bertz CT molecular complexity index is 1050. The number of benzene rings is 1. The van der Waals surface area contributed by atoms with E-state index in [1.54, 1.807) is 31.2 Å². The van der Waals surface area contributed by atoms with Crippen molar-refractivity contribution in [1.29, 1.82) is 0 Å². The third kappa shape index (κ3) is 4.31. The highest BCUT2D eigenvalue weighted by Gasteiger charge is 2.17. The van der Waals surface area contributed by atoms with Gasteiger partial charge in [0.2, 0.25) is 0 Å². The molecule has 3 aromatic rings. The van der Waals surface area contributed by atoms with E-state index in [2.05, 4.69) is 32.2 Å². The Labute approximate surface area is 172 Å². The molecule has 0 aliphatic carbocycles. The lowest BCUT2D eigenvalue weighted by Crippen LogP contribution is -2.18. The summed E-state index contributed by atoms with van der Waals surface area (Å²) in [5, 5.41) is 12.1. The maximum absolute atomic E-state index is 12.8. The highest BCUT2D eigenvalue weighted by atomic mass is 35.5. The molecule has 0 aliphatic rings. The quantitative estimate of drug-likeness (QED) is 0.414. The number of nitrogens with one attached hydrogen (secondary N) is 1. The fourth-order valence-corrected chi connectivity index (χ4v) is 3.13. The first-order chi connectivity index (χ1) is 13.4. The van der Waals surface area contributed by atoms with Gasteiger partial charge in [-0.2, -0.15) is 14.8 Å². The molecule has 0 radical (unpaired) electrons. The van der Waals surface area contributed by atoms with E-state index in [9.17, 15) is 4.79 Å². The maximum atomic E-state index is 12.8. The summed E-state index contributed by atoms with van der Waals surface area (Å²) in [6.45, 7) is 5.71. The number of hydrogen-bond acceptors (Lipinski definition) is 5. The Morgan fingerprint density at radius 2 is 1.82 bits per heavy atom. The number of aromatic amines is 1. The van der Waals surface area contributed by atoms with E-state index < -0.39 is 5.56 Å². The lowest BCUT2D eigenvalue weighted by Gasteiger charge is -2.09. The van der Waals surface area contributed by atoms with Crippen LogP contribution in [-0.4, -0.2) is 19.7 Å². The lowest BCUT2D eigenvalue weighted by atomic mass is 10.1. The van der Waals surface area contributed by atoms with Gasteiger partial charge < -0.3 is 0 Å². The van der Waals surface area contributed by atoms with Crippen LogP contribution < -0.4 is 5.56 Å². The Hall–Kier alpha value is -2.51. The van der Waals surface area contributed by atoms with Gasteiger partial charge in [0.05, 0.1) is 11.4 Å². The van der Waals surface area contributed by atoms with Crippen molar-refractivity contribution in [2.45, 2.75) is 40.0 Å². The number of unbranched alkanes of at least 4 members (excludes halogenated alkanes) is 1. The van der Waals surface area contributed by atoms with Crippen LogP contribution in [0, 0.1) is 13.8 Å². The Morgan fingerprint density at radius 1 is 1.11 bits per heavy atom. The molecule has 0 amide bonds. The second kappa shape index (κ2) is 8.67. The van der Waals surface area contributed by atoms with Gasteiger partial charge in [-0.15, -0.1) is 5.11 Å². The summed E-state index contributed by atoms with van der Waals surface area (Å²) >= 11 is 12.2. The van der Waals surface area contributed by atoms with E-state index in [0.29, 0.717) is 21.6 Å². The molecule has 0 bridgehead atoms. The molecule has 146 valence electrons. The van der Waals surface area contributed by atoms with Crippen molar-refractivity contribution in [3.63, 3.8) is 0 Å². The fourth-order valence-electron chi connectivity index (χ4n) is 2.70. The first-order valence-electron chi connectivity index (χ1n) is 8.93. The van der Waals surface area contributed by atoms with Gasteiger partial charge in [0.1, 0.15) is 5.15 Å². The van der Waals surface area contributed by atoms with Crippen molar-refractivity contribution >= 4 is 34.6 Å². The molecule has 1 aromatic carbocycles. The third-order valence-corrected chi connectivity index (χ3v) is 4.83. The zero-order valence-electron chi connectivity index (χ0n) is 15.8. The highest BCUT2D eigenvalue weighted by molar-refractivity contribution is 6.30. The van der Waals surface area contributed by atoms with Crippen LogP contribution in [0.15, 0.2) is 39.3 Å². The molecule has 28 heavy (non-hydrogen) atoms. The zero-order valence-corrected chi connectivity index (χ0v) is 17.3. The Balaban J connectivity index is 1.95. The molecule has 0 saturated carbocycles. The molecule has 0 atom stereocenters. The van der Waals surface area contributed by atoms with Gasteiger partial charge in [-0.05, 0) is 51.0 Å². The van der Waals surface area contributed by atoms with E-state index in [-0.39, 0.29) is 11.6 Å². The SMILES string of the molecule is CCCCc1c(C)nc(-n2[nH]c(C)c(N=Nc3ccc(Cl)cc3)c2=O)nc1Cl. The van der Waals surface area contributed by atoms with Crippen molar-refractivity contribution in [3.8, 4) is 5.95 Å². The van der Waals surface area contributed by atoms with Gasteiger partial charge in [0, 0.05) is 16.3 Å². The van der Waals surface area contributed by atoms with E-state index >= 15 is 0 Å². The van der Waals surface area contributed by atoms with E-state index in [4.69, 9.17) is 23.2 Å². The number of rotatable bonds is 6. The second-order valence-corrected chi connectivity index (χ2v) is 7.18. The van der Waals surface area contributed by atoms with Gasteiger partial charge in [-0.25, -0.2) is 4.98 Å². The van der Waals surface area contributed by atoms with Crippen LogP contribution in [0.4, 0.5) is 11.4 Å². The molecule has 3 rings (SSSR count). The first-order valence-corrected chi connectivity index (χ1v) is 9.68. The van der Waals surface area contributed by atoms with Gasteiger partial charge in [0.25, 0.3) is 5.95 Å². The standard InChI is InChI=1S/C19H20Cl2N6O/c1-4-5-6-15-11(2)22-19(23-17(15)21)27-18(28)16(12(3)26-27)25-24-14-9-7-13(20)8-10-14/h7-10,26H,4-6H2,1-3H3. The summed E-state index contributed by atoms with van der Waals surface area (Å²) < 4.78 is 1.23. The van der Waals surface area contributed by atoms with Crippen molar-refractivity contribution in [2.24, 2.45) is 10.2 Å². The number of halogens is 2. The fraction of sp³-hybridized carbons (Fsp3) is 0.316. The van der Waals surface area contributed by atoms with E-state index in [0.717, 1.165) is 30.5 Å². The Kier molecular flexibility index (Phi) is 6.26. The van der Waals surface area contributed by atoms with Crippen molar-refractivity contribution in [2.75, 3.05) is 0 Å². The smallest absolute Gasteiger partial charge is 0.290 e. The van der Waals surface area contributed by atoms with Crippen LogP contribution in [0.3, 0.4) is 0 Å². The van der Waals surface area contributed by atoms with Crippen LogP contribution in [0.2, 0.25) is 10.2 Å². The first kappa shape index (κ1) is 20.2. The number of hydrogen-bond donors (Lipinski definition) is 1. The number of H-pyrrole nitrogens is 1. The molecule has 9 heteroatoms. The van der Waals surface area contributed by atoms with Crippen LogP contribution in [-0.2, 0) is 6.42 Å². The summed E-state index contributed by atoms with van der Waals surface area (Å²) in [4.78, 5) is 21.5. The number of azo groups is 1. The van der Waals surface area contributed by atoms with Crippen molar-refractivity contribution in [3.05, 3.63) is 61.7 Å². The summed E-state index contributed by atoms with van der Waals surface area (Å²) in [6, 6.07) is 6.84. The van der Waals surface area contributed by atoms with Crippen molar-refractivity contribution in [1.82, 2.24) is 19.7 Å². The minimum absolute atomic E-state index is 0.183. The van der Waals surface area contributed by atoms with E-state index in [1.165, 1.54) is 4.68 Å². The zero-order chi connectivity index (χ0) is 20.3. The molecule has 1 N–H and O–H groups in total. The van der Waals surface area contributed by atoms with Gasteiger partial charge in [-0.1, -0.05) is 36.5 Å². The lowest BCUT2D eigenvalue weighted by molar-refractivity contribution is 0.745. The summed E-state index contributed by atoms with van der Waals surface area (Å²) in [6.07, 6.45) is 2.86. The molecule has 7 nitrogen and oxygen atoms in total. The van der Waals surface area contributed by atoms with Gasteiger partial charge >= 0.3 is 5.56 Å². The monoisotopic (exact) mass is 418 g/mol.